The number of primary amides is 1. The zero-order chi connectivity index (χ0) is 29.1. The minimum absolute atomic E-state index is 0.0183. The summed E-state index contributed by atoms with van der Waals surface area (Å²) in [4.78, 5) is 49.3. The lowest BCUT2D eigenvalue weighted by atomic mass is 9.58. The van der Waals surface area contributed by atoms with Crippen molar-refractivity contribution in [2.75, 3.05) is 14.1 Å². The molecule has 210 valence electrons. The lowest BCUT2D eigenvalue weighted by Gasteiger charge is -2.50. The number of rotatable bonds is 6. The molecule has 7 N–H and O–H groups in total. The Bertz CT molecular complexity index is 1500. The zero-order valence-electron chi connectivity index (χ0n) is 22.3. The number of nitrogens with zero attached hydrogens (tertiary/aromatic N) is 3. The summed E-state index contributed by atoms with van der Waals surface area (Å²) in [6.07, 6.45) is 3.60. The van der Waals surface area contributed by atoms with Crippen LogP contribution in [0.25, 0.3) is 0 Å². The van der Waals surface area contributed by atoms with Crippen molar-refractivity contribution in [2.45, 2.75) is 44.5 Å². The Morgan fingerprint density at radius 1 is 1.15 bits per heavy atom. The average Bonchev–Trinajstić information content (AvgIpc) is 2.88. The molecule has 0 saturated carbocycles. The summed E-state index contributed by atoms with van der Waals surface area (Å²) in [5.74, 6) is -6.71. The Balaban J connectivity index is 1.54. The lowest BCUT2D eigenvalue weighted by Crippen LogP contribution is -2.63. The number of aromatic hydroxyl groups is 1. The van der Waals surface area contributed by atoms with Crippen molar-refractivity contribution in [1.29, 1.82) is 0 Å². The molecule has 0 aliphatic heterocycles. The Hall–Kier alpha value is -4.13. The Morgan fingerprint density at radius 2 is 1.88 bits per heavy atom. The summed E-state index contributed by atoms with van der Waals surface area (Å²) < 4.78 is 0. The first-order valence-corrected chi connectivity index (χ1v) is 12.8. The zero-order valence-corrected chi connectivity index (χ0v) is 22.3. The van der Waals surface area contributed by atoms with Crippen LogP contribution < -0.4 is 11.1 Å². The van der Waals surface area contributed by atoms with E-state index in [0.29, 0.717) is 18.7 Å². The molecule has 0 unspecified atom stereocenters. The second-order valence-electron chi connectivity index (χ2n) is 10.8. The fourth-order valence-corrected chi connectivity index (χ4v) is 6.32. The number of allylic oxidation sites excluding steroid dienone is 1. The second kappa shape index (κ2) is 9.81. The number of fused-ring (bicyclic) bond motifs is 3. The van der Waals surface area contributed by atoms with Crippen LogP contribution in [0.5, 0.6) is 5.75 Å². The van der Waals surface area contributed by atoms with Crippen molar-refractivity contribution in [3.63, 3.8) is 0 Å². The van der Waals surface area contributed by atoms with Crippen LogP contribution in [0.2, 0.25) is 0 Å². The van der Waals surface area contributed by atoms with E-state index < -0.39 is 58.0 Å². The van der Waals surface area contributed by atoms with Crippen LogP contribution in [-0.4, -0.2) is 78.5 Å². The van der Waals surface area contributed by atoms with Crippen molar-refractivity contribution in [3.8, 4) is 5.75 Å². The second-order valence-corrected chi connectivity index (χ2v) is 10.8. The van der Waals surface area contributed by atoms with Gasteiger partial charge in [-0.2, -0.15) is 0 Å². The number of hydrogen-bond donors (Lipinski definition) is 6. The topological polar surface area (TPSA) is 199 Å². The van der Waals surface area contributed by atoms with Gasteiger partial charge < -0.3 is 31.5 Å². The quantitative estimate of drug-likeness (QED) is 0.274. The number of phenols is 1. The molecule has 5 rings (SSSR count). The SMILES string of the molecule is Cc1cnc(CNCc2ccc(O)c3c2C[C@H]2C[C@H]4[C@H](N(C)C)C(O)=C(C(N)=O)C(=O)[C@@]4(O)C(O)=C2C3=O)cn1. The molecule has 3 aliphatic rings. The minimum atomic E-state index is -2.66. The predicted molar refractivity (Wildman–Crippen MR) is 141 cm³/mol. The number of likely N-dealkylation sites (N-methyl/N-ethyl adjacent to an activating group) is 1. The highest BCUT2D eigenvalue weighted by molar-refractivity contribution is 6.24. The van der Waals surface area contributed by atoms with Gasteiger partial charge in [0.25, 0.3) is 5.91 Å². The molecule has 4 atom stereocenters. The predicted octanol–water partition coefficient (Wildman–Crippen LogP) is 0.509. The molecule has 0 saturated heterocycles. The monoisotopic (exact) mass is 549 g/mol. The standard InChI is InChI=1S/C28H31N5O7/c1-12-8-32-15(11-31-12)10-30-9-13-4-5-18(34)20-16(13)6-14-7-17-22(33(2)3)24(36)21(27(29)39)26(38)28(17,40)25(37)19(14)23(20)35/h4-5,8,11,14,17,22,30,34,36-37,40H,6-7,9-10H2,1-3H3,(H2,29,39)/t14-,17-,22-,28-/m0/s1. The number of carbonyl (C=O) groups is 3. The molecule has 1 amide bonds. The van der Waals surface area contributed by atoms with Gasteiger partial charge in [-0.3, -0.25) is 29.3 Å². The molecule has 0 bridgehead atoms. The summed E-state index contributed by atoms with van der Waals surface area (Å²) in [6.45, 7) is 2.61. The lowest BCUT2D eigenvalue weighted by molar-refractivity contribution is -0.148. The van der Waals surface area contributed by atoms with Crippen molar-refractivity contribution in [2.24, 2.45) is 17.6 Å². The average molecular weight is 550 g/mol. The van der Waals surface area contributed by atoms with Gasteiger partial charge in [0.1, 0.15) is 22.8 Å². The molecule has 0 radical (unpaired) electrons. The van der Waals surface area contributed by atoms with Crippen molar-refractivity contribution >= 4 is 17.5 Å². The van der Waals surface area contributed by atoms with Crippen LogP contribution in [-0.2, 0) is 29.1 Å². The van der Waals surface area contributed by atoms with Crippen LogP contribution in [0.1, 0.15) is 39.3 Å². The molecular weight excluding hydrogens is 518 g/mol. The highest BCUT2D eigenvalue weighted by atomic mass is 16.3. The van der Waals surface area contributed by atoms with E-state index in [1.807, 2.05) is 6.92 Å². The van der Waals surface area contributed by atoms with E-state index in [1.165, 1.54) is 11.0 Å². The smallest absolute Gasteiger partial charge is 0.255 e. The number of amides is 1. The molecule has 40 heavy (non-hydrogen) atoms. The summed E-state index contributed by atoms with van der Waals surface area (Å²) in [5, 5.41) is 47.8. The van der Waals surface area contributed by atoms with Crippen LogP contribution in [0, 0.1) is 18.8 Å². The number of hydrogen-bond acceptors (Lipinski definition) is 11. The van der Waals surface area contributed by atoms with Gasteiger partial charge in [0.15, 0.2) is 11.4 Å². The molecule has 12 heteroatoms. The van der Waals surface area contributed by atoms with Gasteiger partial charge in [-0.1, -0.05) is 6.07 Å². The Kier molecular flexibility index (Phi) is 6.73. The van der Waals surface area contributed by atoms with Crippen LogP contribution in [0.15, 0.2) is 47.2 Å². The fraction of sp³-hybridized carbons (Fsp3) is 0.393. The molecule has 1 aromatic heterocycles. The molecule has 1 aromatic carbocycles. The van der Waals surface area contributed by atoms with Crippen LogP contribution in [0.4, 0.5) is 0 Å². The molecule has 1 heterocycles. The van der Waals surface area contributed by atoms with E-state index in [1.54, 1.807) is 32.6 Å². The highest BCUT2D eigenvalue weighted by Crippen LogP contribution is 2.52. The van der Waals surface area contributed by atoms with Crippen LogP contribution in [0.3, 0.4) is 0 Å². The maximum absolute atomic E-state index is 13.8. The van der Waals surface area contributed by atoms with E-state index in [4.69, 9.17) is 5.73 Å². The third-order valence-corrected chi connectivity index (χ3v) is 8.16. The fourth-order valence-electron chi connectivity index (χ4n) is 6.32. The number of phenolic OH excluding ortho intramolecular Hbond substituents is 1. The number of Topliss-reactive ketones (excluding diaryl/α,β-unsaturated/α-hetero) is 2. The van der Waals surface area contributed by atoms with Crippen molar-refractivity contribution in [3.05, 3.63) is 75.3 Å². The van der Waals surface area contributed by atoms with E-state index in [0.717, 1.165) is 17.0 Å². The number of ketones is 2. The summed E-state index contributed by atoms with van der Waals surface area (Å²) in [6, 6.07) is 2.06. The number of aryl methyl sites for hydroxylation is 1. The summed E-state index contributed by atoms with van der Waals surface area (Å²) >= 11 is 0. The van der Waals surface area contributed by atoms with Gasteiger partial charge in [-0.15, -0.1) is 0 Å². The number of aromatic nitrogens is 2. The minimum Gasteiger partial charge on any atom is -0.510 e. The number of aliphatic hydroxyl groups excluding tert-OH is 2. The Labute approximate surface area is 229 Å². The molecule has 2 aromatic rings. The van der Waals surface area contributed by atoms with E-state index >= 15 is 0 Å². The summed E-state index contributed by atoms with van der Waals surface area (Å²) in [7, 11) is 3.18. The van der Waals surface area contributed by atoms with Gasteiger partial charge in [0, 0.05) is 37.0 Å². The number of nitrogens with one attached hydrogen (secondary N) is 1. The van der Waals surface area contributed by atoms with Gasteiger partial charge in [0.2, 0.25) is 5.78 Å². The third kappa shape index (κ3) is 4.07. The number of aliphatic hydroxyl groups is 3. The van der Waals surface area contributed by atoms with Gasteiger partial charge >= 0.3 is 0 Å². The maximum Gasteiger partial charge on any atom is 0.255 e. The molecular formula is C28H31N5O7. The Morgan fingerprint density at radius 3 is 2.50 bits per heavy atom. The summed E-state index contributed by atoms with van der Waals surface area (Å²) in [5.41, 5.74) is 4.54. The number of carbonyl (C=O) groups excluding carboxylic acids is 3. The van der Waals surface area contributed by atoms with Gasteiger partial charge in [-0.25, -0.2) is 0 Å². The van der Waals surface area contributed by atoms with E-state index in [-0.39, 0.29) is 29.7 Å². The number of nitrogens with two attached hydrogens (primary N) is 1. The van der Waals surface area contributed by atoms with E-state index in [9.17, 15) is 34.8 Å². The third-order valence-electron chi connectivity index (χ3n) is 8.16. The molecule has 3 aliphatic carbocycles. The largest absolute Gasteiger partial charge is 0.510 e. The van der Waals surface area contributed by atoms with Gasteiger partial charge in [-0.05, 0) is 57.0 Å². The molecule has 0 fully saturated rings. The first-order valence-electron chi connectivity index (χ1n) is 12.8. The first-order chi connectivity index (χ1) is 18.9. The first kappa shape index (κ1) is 27.4. The molecule has 12 nitrogen and oxygen atoms in total. The van der Waals surface area contributed by atoms with E-state index in [2.05, 4.69) is 15.3 Å². The highest BCUT2D eigenvalue weighted by Gasteiger charge is 2.63. The number of benzene rings is 1. The molecule has 0 spiro atoms. The van der Waals surface area contributed by atoms with Crippen molar-refractivity contribution < 1.29 is 34.8 Å². The van der Waals surface area contributed by atoms with Crippen molar-refractivity contribution in [1.82, 2.24) is 20.2 Å². The maximum atomic E-state index is 13.8. The normalized spacial score (nSPS) is 26.1. The van der Waals surface area contributed by atoms with Crippen LogP contribution >= 0.6 is 0 Å². The van der Waals surface area contributed by atoms with Gasteiger partial charge in [0.05, 0.1) is 23.0 Å².